The molecule has 0 aromatic heterocycles. The number of carbonyl (C=O) groups is 1. The van der Waals surface area contributed by atoms with Crippen LogP contribution in [0.25, 0.3) is 0 Å². The first-order chi connectivity index (χ1) is 13.3. The fraction of sp³-hybridized carbons (Fsp3) is 0.381. The standard InChI is InChI=1S/C21H26N2O4S/c1-15(2)23-28(25,26)14-18-9-4-3-8-17(18)12-22-21(24)19-11-16-7-5-6-10-20(16)27-13-19/h3-10,15,19,23H,11-14H2,1-2H3,(H,22,24)/t19-/m0/s1. The van der Waals surface area contributed by atoms with Crippen LogP contribution in [0.1, 0.15) is 30.5 Å². The average Bonchev–Trinajstić information content (AvgIpc) is 2.65. The Morgan fingerprint density at radius 2 is 1.79 bits per heavy atom. The molecule has 2 aromatic rings. The molecule has 2 N–H and O–H groups in total. The van der Waals surface area contributed by atoms with Crippen molar-refractivity contribution >= 4 is 15.9 Å². The smallest absolute Gasteiger partial charge is 0.227 e. The van der Waals surface area contributed by atoms with Crippen molar-refractivity contribution in [2.45, 2.75) is 38.6 Å². The zero-order valence-electron chi connectivity index (χ0n) is 16.1. The lowest BCUT2D eigenvalue weighted by molar-refractivity contribution is -0.126. The van der Waals surface area contributed by atoms with Gasteiger partial charge in [-0.3, -0.25) is 4.79 Å². The van der Waals surface area contributed by atoms with Gasteiger partial charge in [-0.15, -0.1) is 0 Å². The molecular weight excluding hydrogens is 376 g/mol. The van der Waals surface area contributed by atoms with Gasteiger partial charge in [-0.1, -0.05) is 42.5 Å². The lowest BCUT2D eigenvalue weighted by Gasteiger charge is -2.24. The highest BCUT2D eigenvalue weighted by Gasteiger charge is 2.25. The molecule has 0 aliphatic carbocycles. The summed E-state index contributed by atoms with van der Waals surface area (Å²) in [7, 11) is -3.43. The van der Waals surface area contributed by atoms with Crippen LogP contribution in [0.4, 0.5) is 0 Å². The highest BCUT2D eigenvalue weighted by Crippen LogP contribution is 2.26. The van der Waals surface area contributed by atoms with E-state index in [9.17, 15) is 13.2 Å². The number of benzene rings is 2. The monoisotopic (exact) mass is 402 g/mol. The van der Waals surface area contributed by atoms with Gasteiger partial charge in [0.1, 0.15) is 12.4 Å². The Bertz CT molecular complexity index is 941. The predicted octanol–water partition coefficient (Wildman–Crippen LogP) is 2.38. The lowest BCUT2D eigenvalue weighted by Crippen LogP contribution is -2.37. The third-order valence-electron chi connectivity index (χ3n) is 4.58. The van der Waals surface area contributed by atoms with Crippen molar-refractivity contribution in [1.82, 2.24) is 10.0 Å². The Balaban J connectivity index is 1.63. The summed E-state index contributed by atoms with van der Waals surface area (Å²) in [6.45, 7) is 4.20. The van der Waals surface area contributed by atoms with Gasteiger partial charge in [-0.2, -0.15) is 0 Å². The first-order valence-electron chi connectivity index (χ1n) is 9.39. The lowest BCUT2D eigenvalue weighted by atomic mass is 9.96. The fourth-order valence-corrected chi connectivity index (χ4v) is 4.79. The summed E-state index contributed by atoms with van der Waals surface area (Å²) in [5.74, 6) is 0.373. The summed E-state index contributed by atoms with van der Waals surface area (Å²) < 4.78 is 32.8. The Hall–Kier alpha value is -2.38. The van der Waals surface area contributed by atoms with E-state index in [-0.39, 0.29) is 30.2 Å². The maximum atomic E-state index is 12.6. The van der Waals surface area contributed by atoms with Crippen molar-refractivity contribution < 1.29 is 17.9 Å². The molecule has 1 amide bonds. The zero-order valence-corrected chi connectivity index (χ0v) is 17.0. The molecular formula is C21H26N2O4S. The molecule has 0 saturated heterocycles. The van der Waals surface area contributed by atoms with Crippen LogP contribution < -0.4 is 14.8 Å². The van der Waals surface area contributed by atoms with Crippen molar-refractivity contribution in [3.8, 4) is 5.75 Å². The molecule has 7 heteroatoms. The van der Waals surface area contributed by atoms with E-state index in [1.54, 1.807) is 26.0 Å². The first kappa shape index (κ1) is 20.4. The van der Waals surface area contributed by atoms with E-state index in [0.717, 1.165) is 16.9 Å². The number of hydrogen-bond donors (Lipinski definition) is 2. The van der Waals surface area contributed by atoms with Crippen LogP contribution in [-0.2, 0) is 33.5 Å². The Morgan fingerprint density at radius 1 is 1.11 bits per heavy atom. The van der Waals surface area contributed by atoms with Gasteiger partial charge in [0.05, 0.1) is 11.7 Å². The van der Waals surface area contributed by atoms with Crippen molar-refractivity contribution in [3.05, 3.63) is 65.2 Å². The minimum atomic E-state index is -3.43. The van der Waals surface area contributed by atoms with Crippen LogP contribution >= 0.6 is 0 Å². The quantitative estimate of drug-likeness (QED) is 0.745. The highest BCUT2D eigenvalue weighted by molar-refractivity contribution is 7.88. The Labute approximate surface area is 166 Å². The molecule has 0 bridgehead atoms. The number of amides is 1. The molecule has 1 heterocycles. The number of ether oxygens (including phenoxy) is 1. The molecule has 1 aliphatic rings. The maximum Gasteiger partial charge on any atom is 0.227 e. The summed E-state index contributed by atoms with van der Waals surface area (Å²) in [4.78, 5) is 12.6. The molecule has 0 unspecified atom stereocenters. The summed E-state index contributed by atoms with van der Waals surface area (Å²) in [6.07, 6.45) is 0.635. The van der Waals surface area contributed by atoms with E-state index >= 15 is 0 Å². The van der Waals surface area contributed by atoms with E-state index in [1.165, 1.54) is 0 Å². The third-order valence-corrected chi connectivity index (χ3v) is 6.10. The summed E-state index contributed by atoms with van der Waals surface area (Å²) in [6, 6.07) is 14.8. The third kappa shape index (κ3) is 5.33. The van der Waals surface area contributed by atoms with E-state index in [0.29, 0.717) is 18.6 Å². The van der Waals surface area contributed by atoms with E-state index in [1.807, 2.05) is 36.4 Å². The number of hydrogen-bond acceptors (Lipinski definition) is 4. The first-order valence-corrected chi connectivity index (χ1v) is 11.0. The fourth-order valence-electron chi connectivity index (χ4n) is 3.30. The zero-order chi connectivity index (χ0) is 20.1. The summed E-state index contributed by atoms with van der Waals surface area (Å²) in [5.41, 5.74) is 2.50. The number of rotatable bonds is 7. The van der Waals surface area contributed by atoms with Gasteiger partial charge in [-0.05, 0) is 43.0 Å². The van der Waals surface area contributed by atoms with E-state index < -0.39 is 10.0 Å². The Morgan fingerprint density at radius 3 is 2.54 bits per heavy atom. The number of nitrogens with one attached hydrogen (secondary N) is 2. The van der Waals surface area contributed by atoms with Crippen LogP contribution in [0.3, 0.4) is 0 Å². The van der Waals surface area contributed by atoms with Crippen LogP contribution in [0, 0.1) is 5.92 Å². The van der Waals surface area contributed by atoms with Crippen LogP contribution in [-0.4, -0.2) is 27.0 Å². The SMILES string of the molecule is CC(C)NS(=O)(=O)Cc1ccccc1CNC(=O)[C@@H]1COc2ccccc2C1. The Kier molecular flexibility index (Phi) is 6.36. The molecule has 150 valence electrons. The molecule has 0 fully saturated rings. The minimum Gasteiger partial charge on any atom is -0.492 e. The number of carbonyl (C=O) groups excluding carboxylic acids is 1. The van der Waals surface area contributed by atoms with Crippen molar-refractivity contribution in [2.24, 2.45) is 5.92 Å². The van der Waals surface area contributed by atoms with E-state index in [4.69, 9.17) is 4.74 Å². The molecule has 0 radical (unpaired) electrons. The van der Waals surface area contributed by atoms with Crippen molar-refractivity contribution in [3.63, 3.8) is 0 Å². The maximum absolute atomic E-state index is 12.6. The average molecular weight is 403 g/mol. The van der Waals surface area contributed by atoms with Gasteiger partial charge < -0.3 is 10.1 Å². The summed E-state index contributed by atoms with van der Waals surface area (Å²) in [5, 5.41) is 2.93. The molecule has 0 spiro atoms. The van der Waals surface area contributed by atoms with Crippen molar-refractivity contribution in [1.29, 1.82) is 0 Å². The van der Waals surface area contributed by atoms with Gasteiger partial charge in [0.15, 0.2) is 0 Å². The highest BCUT2D eigenvalue weighted by atomic mass is 32.2. The molecule has 1 aliphatic heterocycles. The predicted molar refractivity (Wildman–Crippen MR) is 108 cm³/mol. The van der Waals surface area contributed by atoms with Crippen LogP contribution in [0.15, 0.2) is 48.5 Å². The minimum absolute atomic E-state index is 0.0903. The topological polar surface area (TPSA) is 84.5 Å². The molecule has 1 atom stereocenters. The van der Waals surface area contributed by atoms with Gasteiger partial charge in [0, 0.05) is 12.6 Å². The van der Waals surface area contributed by atoms with Gasteiger partial charge in [0.25, 0.3) is 0 Å². The van der Waals surface area contributed by atoms with E-state index in [2.05, 4.69) is 10.0 Å². The van der Waals surface area contributed by atoms with Gasteiger partial charge in [-0.25, -0.2) is 13.1 Å². The number of sulfonamides is 1. The largest absolute Gasteiger partial charge is 0.492 e. The number of fused-ring (bicyclic) bond motifs is 1. The van der Waals surface area contributed by atoms with Crippen LogP contribution in [0.2, 0.25) is 0 Å². The molecule has 3 rings (SSSR count). The second-order valence-corrected chi connectivity index (χ2v) is 9.09. The van der Waals surface area contributed by atoms with Crippen LogP contribution in [0.5, 0.6) is 5.75 Å². The van der Waals surface area contributed by atoms with Gasteiger partial charge in [0.2, 0.25) is 15.9 Å². The molecule has 28 heavy (non-hydrogen) atoms. The molecule has 6 nitrogen and oxygen atoms in total. The second-order valence-electron chi connectivity index (χ2n) is 7.34. The number of para-hydroxylation sites is 1. The van der Waals surface area contributed by atoms with Crippen molar-refractivity contribution in [2.75, 3.05) is 6.61 Å². The van der Waals surface area contributed by atoms with Gasteiger partial charge >= 0.3 is 0 Å². The normalized spacial score (nSPS) is 16.3. The second kappa shape index (κ2) is 8.75. The summed E-state index contributed by atoms with van der Waals surface area (Å²) >= 11 is 0. The molecule has 2 aromatic carbocycles. The molecule has 0 saturated carbocycles.